The smallest absolute Gasteiger partial charge is 0.309 e. The number of nitrogens with zero attached hydrogens (tertiary/aromatic N) is 1. The average Bonchev–Trinajstić information content (AvgIpc) is 2.66. The first-order valence-electron chi connectivity index (χ1n) is 10.3. The van der Waals surface area contributed by atoms with Crippen LogP contribution in [0.4, 0.5) is 0 Å². The van der Waals surface area contributed by atoms with E-state index in [1.54, 1.807) is 13.2 Å². The first-order valence-corrected chi connectivity index (χ1v) is 10.7. The second-order valence-corrected chi connectivity index (χ2v) is 9.64. The molecule has 0 aromatic heterocycles. The summed E-state index contributed by atoms with van der Waals surface area (Å²) in [5, 5.41) is 0.571. The van der Waals surface area contributed by atoms with E-state index in [4.69, 9.17) is 21.1 Å². The largest absolute Gasteiger partial charge is 0.459 e. The van der Waals surface area contributed by atoms with Crippen LogP contribution in [0.1, 0.15) is 69.3 Å². The second-order valence-electron chi connectivity index (χ2n) is 9.21. The molecule has 29 heavy (non-hydrogen) atoms. The van der Waals surface area contributed by atoms with Gasteiger partial charge in [-0.25, -0.2) is 0 Å². The van der Waals surface area contributed by atoms with Crippen LogP contribution in [-0.2, 0) is 20.8 Å². The lowest BCUT2D eigenvalue weighted by Gasteiger charge is -2.34. The first kappa shape index (κ1) is 23.8. The Morgan fingerprint density at radius 1 is 1.14 bits per heavy atom. The standard InChI is InChI=1S/C23H34ClNO4/c1-22(2,28-5)8-9-23(3,4)29-21(27)19-6-10-25(11-7-19)15-17-12-18(16-26)14-20(24)13-17/h12-14,16,19H,6-11,15H2,1-5H3. The van der Waals surface area contributed by atoms with Gasteiger partial charge in [-0.3, -0.25) is 14.5 Å². The minimum atomic E-state index is -0.504. The molecule has 0 aliphatic carbocycles. The molecule has 6 heteroatoms. The summed E-state index contributed by atoms with van der Waals surface area (Å²) in [6.07, 6.45) is 3.95. The zero-order valence-electron chi connectivity index (χ0n) is 18.3. The molecule has 0 unspecified atom stereocenters. The minimum Gasteiger partial charge on any atom is -0.459 e. The molecule has 1 aliphatic rings. The predicted octanol–water partition coefficient (Wildman–Crippen LogP) is 4.89. The number of hydrogen-bond acceptors (Lipinski definition) is 5. The highest BCUT2D eigenvalue weighted by Gasteiger charge is 2.32. The van der Waals surface area contributed by atoms with Gasteiger partial charge in [0.05, 0.1) is 11.5 Å². The first-order chi connectivity index (χ1) is 13.5. The number of rotatable bonds is 9. The molecule has 0 spiro atoms. The van der Waals surface area contributed by atoms with E-state index < -0.39 is 5.60 Å². The third-order valence-corrected chi connectivity index (χ3v) is 5.92. The number of carbonyl (C=O) groups is 2. The minimum absolute atomic E-state index is 0.0640. The van der Waals surface area contributed by atoms with Crippen LogP contribution in [0.5, 0.6) is 0 Å². The Bertz CT molecular complexity index is 709. The summed E-state index contributed by atoms with van der Waals surface area (Å²) in [5.41, 5.74) is 0.877. The number of piperidine rings is 1. The van der Waals surface area contributed by atoms with Crippen LogP contribution in [-0.4, -0.2) is 48.6 Å². The van der Waals surface area contributed by atoms with E-state index in [0.29, 0.717) is 10.6 Å². The summed E-state index contributed by atoms with van der Waals surface area (Å²) in [6, 6.07) is 5.41. The molecule has 0 N–H and O–H groups in total. The van der Waals surface area contributed by atoms with E-state index in [9.17, 15) is 9.59 Å². The van der Waals surface area contributed by atoms with Crippen LogP contribution < -0.4 is 0 Å². The second kappa shape index (κ2) is 10.1. The Morgan fingerprint density at radius 3 is 2.34 bits per heavy atom. The summed E-state index contributed by atoms with van der Waals surface area (Å²) in [7, 11) is 1.70. The molecule has 162 valence electrons. The predicted molar refractivity (Wildman–Crippen MR) is 115 cm³/mol. The molecule has 1 aromatic carbocycles. The van der Waals surface area contributed by atoms with Gasteiger partial charge in [0.2, 0.25) is 0 Å². The number of esters is 1. The van der Waals surface area contributed by atoms with Gasteiger partial charge in [0.25, 0.3) is 0 Å². The fraction of sp³-hybridized carbons (Fsp3) is 0.652. The lowest BCUT2D eigenvalue weighted by Crippen LogP contribution is -2.39. The number of ether oxygens (including phenoxy) is 2. The molecule has 0 bridgehead atoms. The van der Waals surface area contributed by atoms with E-state index in [0.717, 1.165) is 57.2 Å². The number of hydrogen-bond donors (Lipinski definition) is 0. The van der Waals surface area contributed by atoms with E-state index in [1.807, 2.05) is 39.8 Å². The van der Waals surface area contributed by atoms with Gasteiger partial charge in [-0.15, -0.1) is 0 Å². The molecule has 0 saturated carbocycles. The topological polar surface area (TPSA) is 55.8 Å². The van der Waals surface area contributed by atoms with Crippen molar-refractivity contribution in [2.45, 2.75) is 71.1 Å². The SMILES string of the molecule is COC(C)(C)CCC(C)(C)OC(=O)C1CCN(Cc2cc(Cl)cc(C=O)c2)CC1. The normalized spacial score (nSPS) is 16.6. The summed E-state index contributed by atoms with van der Waals surface area (Å²) < 4.78 is 11.3. The molecular weight excluding hydrogens is 390 g/mol. The molecule has 5 nitrogen and oxygen atoms in total. The molecule has 2 rings (SSSR count). The summed E-state index contributed by atoms with van der Waals surface area (Å²) in [4.78, 5) is 26.0. The van der Waals surface area contributed by atoms with Crippen molar-refractivity contribution >= 4 is 23.9 Å². The van der Waals surface area contributed by atoms with E-state index in [-0.39, 0.29) is 17.5 Å². The van der Waals surface area contributed by atoms with Gasteiger partial charge in [0, 0.05) is 24.2 Å². The fourth-order valence-corrected chi connectivity index (χ4v) is 3.80. The van der Waals surface area contributed by atoms with Crippen LogP contribution >= 0.6 is 11.6 Å². The van der Waals surface area contributed by atoms with Crippen molar-refractivity contribution in [1.29, 1.82) is 0 Å². The lowest BCUT2D eigenvalue weighted by atomic mass is 9.92. The van der Waals surface area contributed by atoms with E-state index in [1.165, 1.54) is 0 Å². The Balaban J connectivity index is 1.83. The van der Waals surface area contributed by atoms with Crippen molar-refractivity contribution in [3.8, 4) is 0 Å². The highest BCUT2D eigenvalue weighted by molar-refractivity contribution is 6.30. The number of methoxy groups -OCH3 is 1. The van der Waals surface area contributed by atoms with Gasteiger partial charge < -0.3 is 9.47 Å². The molecule has 1 saturated heterocycles. The van der Waals surface area contributed by atoms with Gasteiger partial charge in [0.15, 0.2) is 0 Å². The van der Waals surface area contributed by atoms with Crippen molar-refractivity contribution < 1.29 is 19.1 Å². The molecule has 1 heterocycles. The molecule has 1 aromatic rings. The number of halogens is 1. The molecule has 1 aliphatic heterocycles. The summed E-state index contributed by atoms with van der Waals surface area (Å²) in [6.45, 7) is 10.4. The molecular formula is C23H34ClNO4. The van der Waals surface area contributed by atoms with Gasteiger partial charge >= 0.3 is 5.97 Å². The fourth-order valence-electron chi connectivity index (χ4n) is 3.53. The average molecular weight is 424 g/mol. The highest BCUT2D eigenvalue weighted by Crippen LogP contribution is 2.28. The highest BCUT2D eigenvalue weighted by atomic mass is 35.5. The lowest BCUT2D eigenvalue weighted by molar-refractivity contribution is -0.165. The van der Waals surface area contributed by atoms with Crippen molar-refractivity contribution in [2.75, 3.05) is 20.2 Å². The van der Waals surface area contributed by atoms with Crippen LogP contribution in [0.25, 0.3) is 0 Å². The quantitative estimate of drug-likeness (QED) is 0.418. The number of likely N-dealkylation sites (tertiary alicyclic amines) is 1. The number of carbonyl (C=O) groups excluding carboxylic acids is 2. The Kier molecular flexibility index (Phi) is 8.27. The Labute approximate surface area is 179 Å². The molecule has 0 amide bonds. The molecule has 0 radical (unpaired) electrons. The van der Waals surface area contributed by atoms with Crippen LogP contribution in [0.2, 0.25) is 5.02 Å². The zero-order chi connectivity index (χ0) is 21.7. The molecule has 0 atom stereocenters. The van der Waals surface area contributed by atoms with Gasteiger partial charge in [-0.05, 0) is 90.2 Å². The van der Waals surface area contributed by atoms with Gasteiger partial charge in [0.1, 0.15) is 11.9 Å². The van der Waals surface area contributed by atoms with E-state index >= 15 is 0 Å². The Morgan fingerprint density at radius 2 is 1.76 bits per heavy atom. The molecule has 1 fully saturated rings. The van der Waals surface area contributed by atoms with Crippen molar-refractivity contribution in [2.24, 2.45) is 5.92 Å². The van der Waals surface area contributed by atoms with Gasteiger partial charge in [-0.1, -0.05) is 11.6 Å². The summed E-state index contributed by atoms with van der Waals surface area (Å²) in [5.74, 6) is -0.165. The maximum atomic E-state index is 12.7. The van der Waals surface area contributed by atoms with Crippen molar-refractivity contribution in [3.05, 3.63) is 34.3 Å². The van der Waals surface area contributed by atoms with Gasteiger partial charge in [-0.2, -0.15) is 0 Å². The third-order valence-electron chi connectivity index (χ3n) is 5.70. The van der Waals surface area contributed by atoms with Crippen molar-refractivity contribution in [3.63, 3.8) is 0 Å². The summed E-state index contributed by atoms with van der Waals surface area (Å²) >= 11 is 6.09. The Hall–Kier alpha value is -1.43. The van der Waals surface area contributed by atoms with Crippen LogP contribution in [0, 0.1) is 5.92 Å². The van der Waals surface area contributed by atoms with Crippen LogP contribution in [0.15, 0.2) is 18.2 Å². The van der Waals surface area contributed by atoms with E-state index in [2.05, 4.69) is 4.90 Å². The third kappa shape index (κ3) is 7.72. The van der Waals surface area contributed by atoms with Crippen molar-refractivity contribution in [1.82, 2.24) is 4.90 Å². The monoisotopic (exact) mass is 423 g/mol. The number of benzene rings is 1. The van der Waals surface area contributed by atoms with Crippen LogP contribution in [0.3, 0.4) is 0 Å². The maximum absolute atomic E-state index is 12.7. The number of aldehydes is 1. The zero-order valence-corrected chi connectivity index (χ0v) is 19.1. The maximum Gasteiger partial charge on any atom is 0.309 e.